The van der Waals surface area contributed by atoms with Gasteiger partial charge >= 0.3 is 6.18 Å². The second-order valence-electron chi connectivity index (χ2n) is 4.80. The summed E-state index contributed by atoms with van der Waals surface area (Å²) in [4.78, 5) is 5.26. The molecule has 0 spiro atoms. The lowest BCUT2D eigenvalue weighted by Gasteiger charge is -2.27. The summed E-state index contributed by atoms with van der Waals surface area (Å²) >= 11 is 0. The molecule has 118 valence electrons. The molecule has 0 unspecified atom stereocenters. The number of amidine groups is 1. The molecule has 0 aliphatic rings. The van der Waals surface area contributed by atoms with E-state index in [0.717, 1.165) is 4.90 Å². The number of oxime groups is 1. The average Bonchev–Trinajstić information content (AvgIpc) is 2.35. The molecular weight excluding hydrogens is 285 g/mol. The van der Waals surface area contributed by atoms with Gasteiger partial charge in [0, 0.05) is 12.2 Å². The first-order chi connectivity index (χ1) is 9.69. The predicted molar refractivity (Wildman–Crippen MR) is 74.8 cm³/mol. The number of rotatable bonds is 5. The highest BCUT2D eigenvalue weighted by Crippen LogP contribution is 2.26. The molecule has 3 N–H and O–H groups in total. The van der Waals surface area contributed by atoms with Crippen molar-refractivity contribution < 1.29 is 18.4 Å². The van der Waals surface area contributed by atoms with Crippen LogP contribution in [-0.4, -0.2) is 35.3 Å². The van der Waals surface area contributed by atoms with Crippen LogP contribution in [0.25, 0.3) is 0 Å². The van der Waals surface area contributed by atoms with E-state index in [1.807, 2.05) is 0 Å². The summed E-state index contributed by atoms with van der Waals surface area (Å²) in [5.74, 6) is -0.166. The second-order valence-corrected chi connectivity index (χ2v) is 4.80. The maximum atomic E-state index is 12.8. The number of aromatic nitrogens is 1. The Kier molecular flexibility index (Phi) is 5.40. The van der Waals surface area contributed by atoms with Gasteiger partial charge in [0.15, 0.2) is 5.84 Å². The Morgan fingerprint density at radius 2 is 2.05 bits per heavy atom. The highest BCUT2D eigenvalue weighted by Gasteiger charge is 2.32. The molecule has 0 aliphatic heterocycles. The fourth-order valence-electron chi connectivity index (χ4n) is 2.16. The molecule has 1 rings (SSSR count). The van der Waals surface area contributed by atoms with E-state index in [9.17, 15) is 13.2 Å². The fraction of sp³-hybridized carbons (Fsp3) is 0.538. The van der Waals surface area contributed by atoms with Gasteiger partial charge in [-0.25, -0.2) is 4.98 Å². The number of pyridine rings is 1. The molecule has 21 heavy (non-hydrogen) atoms. The van der Waals surface area contributed by atoms with E-state index in [1.54, 1.807) is 26.8 Å². The highest BCUT2D eigenvalue weighted by molar-refractivity contribution is 6.02. The molecular formula is C13H19F3N4O. The number of nitrogens with two attached hydrogens (primary N) is 1. The largest absolute Gasteiger partial charge is 0.409 e. The zero-order valence-electron chi connectivity index (χ0n) is 12.2. The molecule has 1 aromatic heterocycles. The first kappa shape index (κ1) is 17.1. The summed E-state index contributed by atoms with van der Waals surface area (Å²) in [6, 6.07) is 1.68. The first-order valence-electron chi connectivity index (χ1n) is 6.47. The van der Waals surface area contributed by atoms with Crippen LogP contribution in [-0.2, 0) is 0 Å². The molecule has 0 saturated heterocycles. The van der Waals surface area contributed by atoms with Gasteiger partial charge in [0.05, 0.1) is 5.56 Å². The molecule has 0 atom stereocenters. The second kappa shape index (κ2) is 6.64. The van der Waals surface area contributed by atoms with E-state index < -0.39 is 12.7 Å². The van der Waals surface area contributed by atoms with Gasteiger partial charge in [-0.2, -0.15) is 13.2 Å². The SMILES string of the molecule is CCCN(CC(F)(F)F)c1nc(C)cc(C)c1C(N)=NO. The monoisotopic (exact) mass is 304 g/mol. The van der Waals surface area contributed by atoms with Crippen LogP contribution in [0.3, 0.4) is 0 Å². The van der Waals surface area contributed by atoms with Gasteiger partial charge in [-0.1, -0.05) is 12.1 Å². The minimum absolute atomic E-state index is 0.0852. The zero-order chi connectivity index (χ0) is 16.2. The third kappa shape index (κ3) is 4.51. The summed E-state index contributed by atoms with van der Waals surface area (Å²) in [6.07, 6.45) is -3.85. The van der Waals surface area contributed by atoms with Crippen LogP contribution in [0.5, 0.6) is 0 Å². The fourth-order valence-corrected chi connectivity index (χ4v) is 2.16. The smallest absolute Gasteiger partial charge is 0.405 e. The molecule has 1 aromatic rings. The van der Waals surface area contributed by atoms with Gasteiger partial charge in [0.1, 0.15) is 12.4 Å². The summed E-state index contributed by atoms with van der Waals surface area (Å²) in [5, 5.41) is 11.7. The third-order valence-corrected chi connectivity index (χ3v) is 2.85. The highest BCUT2D eigenvalue weighted by atomic mass is 19.4. The van der Waals surface area contributed by atoms with Crippen molar-refractivity contribution in [2.45, 2.75) is 33.4 Å². The van der Waals surface area contributed by atoms with Gasteiger partial charge in [-0.05, 0) is 31.9 Å². The summed E-state index contributed by atoms with van der Waals surface area (Å²) in [5.41, 5.74) is 7.00. The van der Waals surface area contributed by atoms with Gasteiger partial charge < -0.3 is 15.8 Å². The third-order valence-electron chi connectivity index (χ3n) is 2.85. The number of aryl methyl sites for hydroxylation is 2. The van der Waals surface area contributed by atoms with Gasteiger partial charge in [0.2, 0.25) is 0 Å². The minimum Gasteiger partial charge on any atom is -0.409 e. The lowest BCUT2D eigenvalue weighted by Crippen LogP contribution is -2.37. The summed E-state index contributed by atoms with van der Waals surface area (Å²) in [7, 11) is 0. The van der Waals surface area contributed by atoms with Crippen LogP contribution in [0, 0.1) is 13.8 Å². The van der Waals surface area contributed by atoms with Crippen LogP contribution in [0.1, 0.15) is 30.2 Å². The lowest BCUT2D eigenvalue weighted by molar-refractivity contribution is -0.119. The van der Waals surface area contributed by atoms with Gasteiger partial charge in [-0.15, -0.1) is 0 Å². The number of halogens is 3. The Morgan fingerprint density at radius 1 is 1.43 bits per heavy atom. The van der Waals surface area contributed by atoms with Crippen molar-refractivity contribution in [1.29, 1.82) is 0 Å². The molecule has 0 saturated carbocycles. The van der Waals surface area contributed by atoms with Crippen molar-refractivity contribution in [1.82, 2.24) is 4.98 Å². The zero-order valence-corrected chi connectivity index (χ0v) is 12.2. The van der Waals surface area contributed by atoms with E-state index in [-0.39, 0.29) is 23.8 Å². The van der Waals surface area contributed by atoms with Crippen molar-refractivity contribution in [3.8, 4) is 0 Å². The maximum absolute atomic E-state index is 12.8. The van der Waals surface area contributed by atoms with Gasteiger partial charge in [0.25, 0.3) is 0 Å². The number of alkyl halides is 3. The van der Waals surface area contributed by atoms with E-state index in [1.165, 1.54) is 0 Å². The van der Waals surface area contributed by atoms with E-state index in [4.69, 9.17) is 10.9 Å². The van der Waals surface area contributed by atoms with Crippen molar-refractivity contribution >= 4 is 11.7 Å². The molecule has 1 heterocycles. The molecule has 0 amide bonds. The topological polar surface area (TPSA) is 74.7 Å². The Bertz CT molecular complexity index is 529. The standard InChI is InChI=1S/C13H19F3N4O/c1-4-5-20(7-13(14,15)16)12-10(11(17)19-21)8(2)6-9(3)18-12/h6,21H,4-5,7H2,1-3H3,(H2,17,19). The average molecular weight is 304 g/mol. The van der Waals surface area contributed by atoms with Gasteiger partial charge in [-0.3, -0.25) is 0 Å². The Balaban J connectivity index is 3.41. The summed E-state index contributed by atoms with van der Waals surface area (Å²) in [6.45, 7) is 4.17. The Labute approximate surface area is 121 Å². The lowest BCUT2D eigenvalue weighted by atomic mass is 10.1. The molecule has 0 aromatic carbocycles. The van der Waals surface area contributed by atoms with Crippen LogP contribution in [0.2, 0.25) is 0 Å². The number of anilines is 1. The number of hydrogen-bond acceptors (Lipinski definition) is 4. The predicted octanol–water partition coefficient (Wildman–Crippen LogP) is 2.57. The van der Waals surface area contributed by atoms with Crippen LogP contribution < -0.4 is 10.6 Å². The quantitative estimate of drug-likeness (QED) is 0.379. The molecule has 5 nitrogen and oxygen atoms in total. The molecule has 0 bridgehead atoms. The molecule has 0 fully saturated rings. The van der Waals surface area contributed by atoms with Crippen molar-refractivity contribution in [2.24, 2.45) is 10.9 Å². The summed E-state index contributed by atoms with van der Waals surface area (Å²) < 4.78 is 38.3. The maximum Gasteiger partial charge on any atom is 0.405 e. The number of hydrogen-bond donors (Lipinski definition) is 2. The molecule has 0 radical (unpaired) electrons. The minimum atomic E-state index is -4.36. The number of nitrogens with zero attached hydrogens (tertiary/aromatic N) is 3. The normalized spacial score (nSPS) is 12.6. The van der Waals surface area contributed by atoms with E-state index in [0.29, 0.717) is 17.7 Å². The Morgan fingerprint density at radius 3 is 2.52 bits per heavy atom. The van der Waals surface area contributed by atoms with Crippen molar-refractivity contribution in [3.05, 3.63) is 22.9 Å². The van der Waals surface area contributed by atoms with E-state index in [2.05, 4.69) is 10.1 Å². The molecule has 0 aliphatic carbocycles. The van der Waals surface area contributed by atoms with Crippen molar-refractivity contribution in [3.63, 3.8) is 0 Å². The van der Waals surface area contributed by atoms with Crippen LogP contribution in [0.15, 0.2) is 11.2 Å². The molecule has 8 heteroatoms. The van der Waals surface area contributed by atoms with Crippen LogP contribution >= 0.6 is 0 Å². The van der Waals surface area contributed by atoms with Crippen LogP contribution in [0.4, 0.5) is 19.0 Å². The van der Waals surface area contributed by atoms with Crippen molar-refractivity contribution in [2.75, 3.05) is 18.0 Å². The first-order valence-corrected chi connectivity index (χ1v) is 6.47. The Hall–Kier alpha value is -1.99. The van der Waals surface area contributed by atoms with E-state index >= 15 is 0 Å².